The van der Waals surface area contributed by atoms with Crippen molar-refractivity contribution in [1.82, 2.24) is 4.90 Å². The van der Waals surface area contributed by atoms with E-state index in [1.807, 2.05) is 49.4 Å². The Bertz CT molecular complexity index is 1220. The number of rotatable bonds is 3. The van der Waals surface area contributed by atoms with Crippen LogP contribution in [0.25, 0.3) is 0 Å². The molecule has 31 heavy (non-hydrogen) atoms. The van der Waals surface area contributed by atoms with E-state index in [4.69, 9.17) is 10.5 Å². The molecule has 1 atom stereocenters. The van der Waals surface area contributed by atoms with Crippen LogP contribution in [0, 0.1) is 11.3 Å². The lowest BCUT2D eigenvalue weighted by Crippen LogP contribution is -2.48. The molecule has 3 aliphatic rings. The zero-order valence-corrected chi connectivity index (χ0v) is 17.0. The van der Waals surface area contributed by atoms with Gasteiger partial charge in [-0.05, 0) is 18.6 Å². The van der Waals surface area contributed by atoms with Gasteiger partial charge in [0, 0.05) is 24.3 Å². The highest BCUT2D eigenvalue weighted by atomic mass is 16.5. The Morgan fingerprint density at radius 2 is 1.84 bits per heavy atom. The number of hydrogen-bond donors (Lipinski definition) is 1. The molecular formula is C24H20N4O3. The Kier molecular flexibility index (Phi) is 4.12. The van der Waals surface area contributed by atoms with Crippen molar-refractivity contribution in [1.29, 1.82) is 5.26 Å². The number of likely N-dealkylation sites (N-methyl/N-ethyl adjacent to an activating group) is 1. The normalized spacial score (nSPS) is 22.1. The minimum absolute atomic E-state index is 0.0328. The van der Waals surface area contributed by atoms with E-state index in [1.165, 1.54) is 0 Å². The smallest absolute Gasteiger partial charge is 0.255 e. The molecule has 5 rings (SSSR count). The average molecular weight is 412 g/mol. The van der Waals surface area contributed by atoms with Crippen LogP contribution in [0.1, 0.15) is 18.1 Å². The molecule has 0 bridgehead atoms. The third-order valence-corrected chi connectivity index (χ3v) is 6.15. The fourth-order valence-electron chi connectivity index (χ4n) is 4.87. The minimum Gasteiger partial charge on any atom is -0.442 e. The monoisotopic (exact) mass is 412 g/mol. The maximum atomic E-state index is 13.9. The molecule has 1 unspecified atom stereocenters. The number of amides is 2. The molecule has 0 saturated carbocycles. The first-order valence-corrected chi connectivity index (χ1v) is 10.1. The van der Waals surface area contributed by atoms with Gasteiger partial charge in [-0.1, -0.05) is 48.5 Å². The van der Waals surface area contributed by atoms with E-state index in [9.17, 15) is 14.9 Å². The lowest BCUT2D eigenvalue weighted by atomic mass is 9.68. The molecule has 2 N–H and O–H groups in total. The lowest BCUT2D eigenvalue weighted by Gasteiger charge is -2.33. The molecule has 7 heteroatoms. The highest BCUT2D eigenvalue weighted by Gasteiger charge is 2.63. The molecule has 2 aromatic carbocycles. The second kappa shape index (κ2) is 6.74. The third-order valence-electron chi connectivity index (χ3n) is 6.15. The van der Waals surface area contributed by atoms with Gasteiger partial charge < -0.3 is 20.3 Å². The largest absolute Gasteiger partial charge is 0.442 e. The van der Waals surface area contributed by atoms with E-state index in [1.54, 1.807) is 21.9 Å². The summed E-state index contributed by atoms with van der Waals surface area (Å²) in [5.74, 6) is -0.461. The van der Waals surface area contributed by atoms with Crippen molar-refractivity contribution in [3.8, 4) is 6.07 Å². The fourth-order valence-corrected chi connectivity index (χ4v) is 4.87. The van der Waals surface area contributed by atoms with E-state index in [-0.39, 0.29) is 35.4 Å². The zero-order chi connectivity index (χ0) is 21.8. The van der Waals surface area contributed by atoms with Gasteiger partial charge in [-0.3, -0.25) is 9.59 Å². The van der Waals surface area contributed by atoms with Crippen molar-refractivity contribution in [2.45, 2.75) is 18.9 Å². The summed E-state index contributed by atoms with van der Waals surface area (Å²) in [6.07, 6.45) is 0. The van der Waals surface area contributed by atoms with Crippen molar-refractivity contribution in [2.24, 2.45) is 5.73 Å². The number of anilines is 1. The maximum Gasteiger partial charge on any atom is 0.255 e. The van der Waals surface area contributed by atoms with Gasteiger partial charge in [-0.15, -0.1) is 0 Å². The second-order valence-electron chi connectivity index (χ2n) is 7.71. The minimum atomic E-state index is -1.58. The first-order chi connectivity index (χ1) is 15.0. The van der Waals surface area contributed by atoms with Crippen LogP contribution < -0.4 is 10.6 Å². The van der Waals surface area contributed by atoms with Crippen molar-refractivity contribution >= 4 is 17.5 Å². The number of nitrogens with zero attached hydrogens (tertiary/aromatic N) is 3. The number of carbonyl (C=O) groups is 2. The Morgan fingerprint density at radius 1 is 1.13 bits per heavy atom. The van der Waals surface area contributed by atoms with Crippen molar-refractivity contribution in [3.63, 3.8) is 0 Å². The molecule has 3 aliphatic heterocycles. The SMILES string of the molecule is CCN1C(=O)C2(C(C#N)=C(N)OC3=C2C(=O)N(Cc2ccccc2)C3)c2ccccc21. The van der Waals surface area contributed by atoms with Crippen LogP contribution in [0.4, 0.5) is 5.69 Å². The van der Waals surface area contributed by atoms with E-state index in [0.717, 1.165) is 5.56 Å². The standard InChI is InChI=1S/C24H20N4O3/c1-2-28-18-11-7-6-10-16(18)24(23(28)30)17(12-25)21(26)31-19-14-27(22(29)20(19)24)13-15-8-4-3-5-9-15/h3-11H,2,13-14,26H2,1H3. The molecule has 2 aromatic rings. The van der Waals surface area contributed by atoms with Gasteiger partial charge in [-0.2, -0.15) is 5.26 Å². The van der Waals surface area contributed by atoms with Crippen LogP contribution in [0.2, 0.25) is 0 Å². The topological polar surface area (TPSA) is 99.7 Å². The predicted molar refractivity (Wildman–Crippen MR) is 113 cm³/mol. The van der Waals surface area contributed by atoms with Crippen LogP contribution in [0.15, 0.2) is 77.4 Å². The van der Waals surface area contributed by atoms with Crippen molar-refractivity contribution in [3.05, 3.63) is 88.5 Å². The highest BCUT2D eigenvalue weighted by molar-refractivity contribution is 6.20. The molecule has 0 saturated heterocycles. The number of para-hydroxylation sites is 1. The van der Waals surface area contributed by atoms with E-state index in [0.29, 0.717) is 30.1 Å². The van der Waals surface area contributed by atoms with Crippen LogP contribution in [-0.4, -0.2) is 29.8 Å². The van der Waals surface area contributed by atoms with E-state index < -0.39 is 5.41 Å². The second-order valence-corrected chi connectivity index (χ2v) is 7.71. The number of nitrogens with two attached hydrogens (primary N) is 1. The number of hydrogen-bond acceptors (Lipinski definition) is 5. The van der Waals surface area contributed by atoms with Gasteiger partial charge in [0.25, 0.3) is 5.91 Å². The molecule has 0 aromatic heterocycles. The van der Waals surface area contributed by atoms with Crippen LogP contribution in [0.5, 0.6) is 0 Å². The quantitative estimate of drug-likeness (QED) is 0.834. The molecule has 7 nitrogen and oxygen atoms in total. The number of benzene rings is 2. The summed E-state index contributed by atoms with van der Waals surface area (Å²) in [6, 6.07) is 18.9. The summed E-state index contributed by atoms with van der Waals surface area (Å²) in [5.41, 5.74) is 6.96. The van der Waals surface area contributed by atoms with Gasteiger partial charge in [0.05, 0.1) is 12.1 Å². The molecule has 3 heterocycles. The average Bonchev–Trinajstić information content (AvgIpc) is 3.21. The Hall–Kier alpha value is -4.05. The molecule has 0 radical (unpaired) electrons. The summed E-state index contributed by atoms with van der Waals surface area (Å²) in [5, 5.41) is 10.0. The van der Waals surface area contributed by atoms with Gasteiger partial charge in [0.15, 0.2) is 5.41 Å². The molecule has 1 spiro atoms. The van der Waals surface area contributed by atoms with Gasteiger partial charge >= 0.3 is 0 Å². The van der Waals surface area contributed by atoms with E-state index >= 15 is 0 Å². The molecule has 0 aliphatic carbocycles. The summed E-state index contributed by atoms with van der Waals surface area (Å²) < 4.78 is 5.75. The summed E-state index contributed by atoms with van der Waals surface area (Å²) in [4.78, 5) is 30.8. The van der Waals surface area contributed by atoms with Gasteiger partial charge in [-0.25, -0.2) is 0 Å². The Labute approximate surface area is 179 Å². The number of ether oxygens (including phenoxy) is 1. The Morgan fingerprint density at radius 3 is 2.55 bits per heavy atom. The fraction of sp³-hybridized carbons (Fsp3) is 0.208. The molecule has 2 amide bonds. The zero-order valence-electron chi connectivity index (χ0n) is 17.0. The highest BCUT2D eigenvalue weighted by Crippen LogP contribution is 2.55. The van der Waals surface area contributed by atoms with Crippen LogP contribution in [0.3, 0.4) is 0 Å². The lowest BCUT2D eigenvalue weighted by molar-refractivity contribution is -0.129. The third kappa shape index (κ3) is 2.39. The number of carbonyl (C=O) groups excluding carboxylic acids is 2. The Balaban J connectivity index is 1.69. The van der Waals surface area contributed by atoms with Crippen LogP contribution in [-0.2, 0) is 26.3 Å². The first kappa shape index (κ1) is 18.9. The number of nitriles is 1. The van der Waals surface area contributed by atoms with Crippen LogP contribution >= 0.6 is 0 Å². The maximum absolute atomic E-state index is 13.9. The summed E-state index contributed by atoms with van der Waals surface area (Å²) in [6.45, 7) is 2.81. The number of fused-ring (bicyclic) bond motifs is 3. The summed E-state index contributed by atoms with van der Waals surface area (Å²) in [7, 11) is 0. The molecular weight excluding hydrogens is 392 g/mol. The summed E-state index contributed by atoms with van der Waals surface area (Å²) >= 11 is 0. The van der Waals surface area contributed by atoms with Gasteiger partial charge in [0.2, 0.25) is 11.8 Å². The van der Waals surface area contributed by atoms with Crippen molar-refractivity contribution in [2.75, 3.05) is 18.0 Å². The first-order valence-electron chi connectivity index (χ1n) is 10.1. The van der Waals surface area contributed by atoms with Crippen molar-refractivity contribution < 1.29 is 14.3 Å². The van der Waals surface area contributed by atoms with E-state index in [2.05, 4.69) is 6.07 Å². The van der Waals surface area contributed by atoms with Gasteiger partial charge in [0.1, 0.15) is 17.4 Å². The predicted octanol–water partition coefficient (Wildman–Crippen LogP) is 2.31. The molecule has 154 valence electrons. The molecule has 0 fully saturated rings.